The first-order valence-electron chi connectivity index (χ1n) is 4.95. The van der Waals surface area contributed by atoms with Gasteiger partial charge in [-0.25, -0.2) is 13.9 Å². The van der Waals surface area contributed by atoms with Crippen LogP contribution in [0.2, 0.25) is 0 Å². The minimum Gasteiger partial charge on any atom is -0.477 e. The Morgan fingerprint density at radius 3 is 2.38 bits per heavy atom. The van der Waals surface area contributed by atoms with Gasteiger partial charge in [0.2, 0.25) is 0 Å². The van der Waals surface area contributed by atoms with Crippen LogP contribution < -0.4 is 0 Å². The number of ether oxygens (including phenoxy) is 1. The van der Waals surface area contributed by atoms with Gasteiger partial charge in [-0.05, 0) is 6.42 Å². The van der Waals surface area contributed by atoms with Crippen LogP contribution in [0.25, 0.3) is 0 Å². The fourth-order valence-corrected chi connectivity index (χ4v) is 1.39. The Balaban J connectivity index is 3.87. The number of unbranched alkanes of at least 4 members (excludes halogenated alkanes) is 3. The van der Waals surface area contributed by atoms with E-state index in [-0.39, 0.29) is 6.61 Å². The number of rotatable bonds is 9. The molecule has 0 aromatic rings. The second kappa shape index (κ2) is 7.76. The number of carboxylic acid groups (broad SMARTS) is 1. The molecule has 0 heterocycles. The molecule has 96 valence electrons. The largest absolute Gasteiger partial charge is 0.477 e. The Morgan fingerprint density at radius 2 is 1.94 bits per heavy atom. The van der Waals surface area contributed by atoms with E-state index in [2.05, 4.69) is 4.52 Å². The van der Waals surface area contributed by atoms with Crippen molar-refractivity contribution in [2.45, 2.75) is 38.9 Å². The number of carbonyl (C=O) groups is 1. The predicted molar refractivity (Wildman–Crippen MR) is 54.6 cm³/mol. The molecule has 0 saturated carbocycles. The molecule has 0 amide bonds. The first-order chi connectivity index (χ1) is 7.37. The highest BCUT2D eigenvalue weighted by Gasteiger charge is 2.28. The summed E-state index contributed by atoms with van der Waals surface area (Å²) in [4.78, 5) is 27.4. The Hall–Kier alpha value is -0.460. The van der Waals surface area contributed by atoms with Crippen molar-refractivity contribution in [2.24, 2.45) is 0 Å². The molecule has 0 rings (SSSR count). The molecule has 0 aliphatic heterocycles. The lowest BCUT2D eigenvalue weighted by atomic mass is 10.2. The zero-order valence-electron chi connectivity index (χ0n) is 9.03. The molecular weight excluding hydrogens is 239 g/mol. The van der Waals surface area contributed by atoms with E-state index in [1.165, 1.54) is 0 Å². The minimum absolute atomic E-state index is 0.0942. The molecule has 0 radical (unpaired) electrons. The Kier molecular flexibility index (Phi) is 7.53. The molecule has 1 unspecified atom stereocenters. The number of phosphoric acid groups is 1. The van der Waals surface area contributed by atoms with Gasteiger partial charge in [0.05, 0.1) is 6.61 Å². The monoisotopic (exact) mass is 256 g/mol. The zero-order chi connectivity index (χ0) is 12.6. The summed E-state index contributed by atoms with van der Waals surface area (Å²) in [5.74, 6) is -1.56. The SMILES string of the molecule is CCCCCCOC(OP(=O)(O)O)C(=O)O. The number of hydrogen-bond acceptors (Lipinski definition) is 4. The van der Waals surface area contributed by atoms with Gasteiger partial charge in [0.25, 0.3) is 6.29 Å². The third-order valence-electron chi connectivity index (χ3n) is 1.70. The maximum Gasteiger partial charge on any atom is 0.472 e. The van der Waals surface area contributed by atoms with Crippen LogP contribution in [0.1, 0.15) is 32.6 Å². The van der Waals surface area contributed by atoms with Gasteiger partial charge < -0.3 is 19.6 Å². The normalized spacial score (nSPS) is 13.7. The van der Waals surface area contributed by atoms with Crippen molar-refractivity contribution in [1.29, 1.82) is 0 Å². The average molecular weight is 256 g/mol. The molecule has 0 spiro atoms. The van der Waals surface area contributed by atoms with Gasteiger partial charge in [0.15, 0.2) is 0 Å². The van der Waals surface area contributed by atoms with Crippen LogP contribution in [0.3, 0.4) is 0 Å². The fraction of sp³-hybridized carbons (Fsp3) is 0.875. The molecule has 0 saturated heterocycles. The van der Waals surface area contributed by atoms with Crippen LogP contribution in [0, 0.1) is 0 Å². The third-order valence-corrected chi connectivity index (χ3v) is 2.17. The van der Waals surface area contributed by atoms with E-state index in [0.717, 1.165) is 19.3 Å². The van der Waals surface area contributed by atoms with E-state index >= 15 is 0 Å². The highest BCUT2D eigenvalue weighted by Crippen LogP contribution is 2.37. The van der Waals surface area contributed by atoms with E-state index in [1.54, 1.807) is 0 Å². The molecular formula is C8H17O7P. The van der Waals surface area contributed by atoms with Gasteiger partial charge in [-0.3, -0.25) is 0 Å². The number of phosphoric ester groups is 1. The Bertz CT molecular complexity index is 249. The number of hydrogen-bond donors (Lipinski definition) is 3. The number of aliphatic carboxylic acids is 1. The minimum atomic E-state index is -4.84. The summed E-state index contributed by atoms with van der Waals surface area (Å²) in [5.41, 5.74) is 0. The van der Waals surface area contributed by atoms with Gasteiger partial charge in [-0.1, -0.05) is 26.2 Å². The van der Waals surface area contributed by atoms with E-state index in [1.807, 2.05) is 6.92 Å². The van der Waals surface area contributed by atoms with Crippen LogP contribution in [0.4, 0.5) is 0 Å². The second-order valence-electron chi connectivity index (χ2n) is 3.20. The van der Waals surface area contributed by atoms with Crippen LogP contribution in [0.5, 0.6) is 0 Å². The average Bonchev–Trinajstić information content (AvgIpc) is 2.13. The van der Waals surface area contributed by atoms with Crippen molar-refractivity contribution in [3.8, 4) is 0 Å². The standard InChI is InChI=1S/C8H17O7P/c1-2-3-4-5-6-14-8(7(9)10)15-16(11,12)13/h8H,2-6H2,1H3,(H,9,10)(H2,11,12,13). The van der Waals surface area contributed by atoms with Gasteiger partial charge in [-0.15, -0.1) is 0 Å². The summed E-state index contributed by atoms with van der Waals surface area (Å²) in [5, 5.41) is 8.55. The van der Waals surface area contributed by atoms with E-state index in [9.17, 15) is 9.36 Å². The molecule has 16 heavy (non-hydrogen) atoms. The number of carboxylic acids is 1. The summed E-state index contributed by atoms with van der Waals surface area (Å²) in [6, 6.07) is 0. The van der Waals surface area contributed by atoms with E-state index in [0.29, 0.717) is 6.42 Å². The van der Waals surface area contributed by atoms with Gasteiger partial charge in [0.1, 0.15) is 0 Å². The zero-order valence-corrected chi connectivity index (χ0v) is 9.93. The van der Waals surface area contributed by atoms with Crippen molar-refractivity contribution in [2.75, 3.05) is 6.61 Å². The molecule has 8 heteroatoms. The summed E-state index contributed by atoms with van der Waals surface area (Å²) >= 11 is 0. The summed E-state index contributed by atoms with van der Waals surface area (Å²) in [7, 11) is -4.84. The molecule has 7 nitrogen and oxygen atoms in total. The van der Waals surface area contributed by atoms with Crippen LogP contribution >= 0.6 is 7.82 Å². The topological polar surface area (TPSA) is 113 Å². The lowest BCUT2D eigenvalue weighted by Crippen LogP contribution is -2.26. The van der Waals surface area contributed by atoms with Crippen molar-refractivity contribution in [1.82, 2.24) is 0 Å². The van der Waals surface area contributed by atoms with Crippen LogP contribution in [-0.4, -0.2) is 33.8 Å². The maximum absolute atomic E-state index is 10.5. The van der Waals surface area contributed by atoms with Crippen LogP contribution in [-0.2, 0) is 18.6 Å². The summed E-state index contributed by atoms with van der Waals surface area (Å²) in [6.45, 7) is 2.12. The van der Waals surface area contributed by atoms with Gasteiger partial charge in [0, 0.05) is 0 Å². The van der Waals surface area contributed by atoms with Gasteiger partial charge >= 0.3 is 13.8 Å². The molecule has 0 fully saturated rings. The highest BCUT2D eigenvalue weighted by molar-refractivity contribution is 7.46. The van der Waals surface area contributed by atoms with Gasteiger partial charge in [-0.2, -0.15) is 0 Å². The predicted octanol–water partition coefficient (Wildman–Crippen LogP) is 1.10. The lowest BCUT2D eigenvalue weighted by molar-refractivity contribution is -0.173. The summed E-state index contributed by atoms with van der Waals surface area (Å²) < 4.78 is 19.1. The van der Waals surface area contributed by atoms with Crippen molar-refractivity contribution in [3.63, 3.8) is 0 Å². The second-order valence-corrected chi connectivity index (χ2v) is 4.39. The first-order valence-corrected chi connectivity index (χ1v) is 6.48. The van der Waals surface area contributed by atoms with Crippen molar-refractivity contribution in [3.05, 3.63) is 0 Å². The van der Waals surface area contributed by atoms with E-state index in [4.69, 9.17) is 19.6 Å². The van der Waals surface area contributed by atoms with Crippen molar-refractivity contribution < 1.29 is 33.5 Å². The van der Waals surface area contributed by atoms with Crippen molar-refractivity contribution >= 4 is 13.8 Å². The molecule has 0 aliphatic rings. The highest BCUT2D eigenvalue weighted by atomic mass is 31.2. The molecule has 0 bridgehead atoms. The smallest absolute Gasteiger partial charge is 0.472 e. The molecule has 0 aromatic heterocycles. The molecule has 0 aliphatic carbocycles. The first kappa shape index (κ1) is 15.5. The lowest BCUT2D eigenvalue weighted by Gasteiger charge is -2.14. The maximum atomic E-state index is 10.5. The molecule has 1 atom stereocenters. The Labute approximate surface area is 93.6 Å². The Morgan fingerprint density at radius 1 is 1.31 bits per heavy atom. The van der Waals surface area contributed by atoms with Crippen LogP contribution in [0.15, 0.2) is 0 Å². The van der Waals surface area contributed by atoms with E-state index < -0.39 is 20.1 Å². The fourth-order valence-electron chi connectivity index (χ4n) is 0.991. The quantitative estimate of drug-likeness (QED) is 0.321. The molecule has 0 aromatic carbocycles. The molecule has 3 N–H and O–H groups in total. The summed E-state index contributed by atoms with van der Waals surface area (Å²) in [6.07, 6.45) is 1.62. The third kappa shape index (κ3) is 8.82.